The van der Waals surface area contributed by atoms with E-state index in [0.717, 1.165) is 0 Å². The van der Waals surface area contributed by atoms with Crippen LogP contribution in [0.1, 0.15) is 13.8 Å². The Kier molecular flexibility index (Phi) is 5.49. The third-order valence-electron chi connectivity index (χ3n) is 0.963. The zero-order chi connectivity index (χ0) is 11.0. The Bertz CT molecular complexity index is 432. The van der Waals surface area contributed by atoms with Gasteiger partial charge < -0.3 is 0 Å². The van der Waals surface area contributed by atoms with Gasteiger partial charge in [0.1, 0.15) is 5.75 Å². The van der Waals surface area contributed by atoms with Gasteiger partial charge in [-0.15, -0.1) is 6.42 Å². The maximum Gasteiger partial charge on any atom is 0.223 e. The summed E-state index contributed by atoms with van der Waals surface area (Å²) in [4.78, 5) is 0. The lowest BCUT2D eigenvalue weighted by molar-refractivity contribution is 0.573. The average Bonchev–Trinajstić information content (AvgIpc) is 2.01. The van der Waals surface area contributed by atoms with Crippen LogP contribution in [0.5, 0.6) is 0 Å². The molecular formula is C10H11NO2S. The maximum absolute atomic E-state index is 11.2. The molecule has 14 heavy (non-hydrogen) atoms. The monoisotopic (exact) mass is 209 g/mol. The number of rotatable bonds is 3. The quantitative estimate of drug-likeness (QED) is 0.663. The van der Waals surface area contributed by atoms with E-state index in [0.29, 0.717) is 0 Å². The lowest BCUT2D eigenvalue weighted by atomic mass is 10.4. The van der Waals surface area contributed by atoms with Crippen molar-refractivity contribution in [3.8, 4) is 36.0 Å². The minimum Gasteiger partial charge on any atom is -0.212 e. The average molecular weight is 209 g/mol. The highest BCUT2D eigenvalue weighted by Gasteiger charge is 2.08. The predicted molar refractivity (Wildman–Crippen MR) is 56.4 cm³/mol. The van der Waals surface area contributed by atoms with Crippen LogP contribution in [-0.4, -0.2) is 20.2 Å². The second-order valence-electron chi connectivity index (χ2n) is 2.73. The molecule has 0 aromatic heterocycles. The second-order valence-corrected chi connectivity index (χ2v) is 4.48. The Morgan fingerprint density at radius 1 is 1.29 bits per heavy atom. The van der Waals surface area contributed by atoms with E-state index in [9.17, 15) is 8.42 Å². The number of terminal acetylenes is 1. The summed E-state index contributed by atoms with van der Waals surface area (Å²) in [6.07, 6.45) is 4.84. The van der Waals surface area contributed by atoms with Gasteiger partial charge in [0.25, 0.3) is 0 Å². The summed E-state index contributed by atoms with van der Waals surface area (Å²) in [6.45, 7) is 3.48. The number of sulfonamides is 1. The summed E-state index contributed by atoms with van der Waals surface area (Å²) in [5.74, 6) is 11.1. The fourth-order valence-electron chi connectivity index (χ4n) is 0.643. The largest absolute Gasteiger partial charge is 0.223 e. The first-order valence-corrected chi connectivity index (χ1v) is 5.56. The minimum absolute atomic E-state index is 0.126. The Morgan fingerprint density at radius 2 is 1.93 bits per heavy atom. The molecule has 0 aliphatic heterocycles. The smallest absolute Gasteiger partial charge is 0.212 e. The van der Waals surface area contributed by atoms with Gasteiger partial charge >= 0.3 is 0 Å². The summed E-state index contributed by atoms with van der Waals surface area (Å²) in [7, 11) is -3.31. The fourth-order valence-corrected chi connectivity index (χ4v) is 1.71. The van der Waals surface area contributed by atoms with E-state index < -0.39 is 10.0 Å². The van der Waals surface area contributed by atoms with Crippen LogP contribution in [0.15, 0.2) is 0 Å². The molecule has 0 spiro atoms. The molecule has 0 unspecified atom stereocenters. The van der Waals surface area contributed by atoms with Gasteiger partial charge in [0.05, 0.1) is 0 Å². The van der Waals surface area contributed by atoms with E-state index >= 15 is 0 Å². The van der Waals surface area contributed by atoms with Crippen LogP contribution in [0, 0.1) is 36.0 Å². The van der Waals surface area contributed by atoms with Gasteiger partial charge in [-0.05, 0) is 37.5 Å². The van der Waals surface area contributed by atoms with Crippen molar-refractivity contribution in [3.63, 3.8) is 0 Å². The highest BCUT2D eigenvalue weighted by atomic mass is 32.2. The lowest BCUT2D eigenvalue weighted by Crippen LogP contribution is -2.31. The van der Waals surface area contributed by atoms with Gasteiger partial charge in [-0.3, -0.25) is 0 Å². The first-order chi connectivity index (χ1) is 6.48. The van der Waals surface area contributed by atoms with Crippen LogP contribution < -0.4 is 4.72 Å². The minimum atomic E-state index is -3.31. The van der Waals surface area contributed by atoms with E-state index in [1.807, 2.05) is 0 Å². The van der Waals surface area contributed by atoms with Crippen LogP contribution in [0.4, 0.5) is 0 Å². The summed E-state index contributed by atoms with van der Waals surface area (Å²) in [6, 6.07) is -0.126. The van der Waals surface area contributed by atoms with Crippen molar-refractivity contribution < 1.29 is 8.42 Å². The molecular weight excluding hydrogens is 198 g/mol. The number of hydrogen-bond acceptors (Lipinski definition) is 2. The molecule has 0 bridgehead atoms. The standard InChI is InChI=1S/C10H11NO2S/c1-4-5-6-7-8-9-14(12,13)11-10(2)3/h1,10-11H,9H2,2-3H3. The number of nitrogens with one attached hydrogen (secondary N) is 1. The first-order valence-electron chi connectivity index (χ1n) is 3.91. The van der Waals surface area contributed by atoms with Gasteiger partial charge in [0.15, 0.2) is 0 Å². The first kappa shape index (κ1) is 12.6. The zero-order valence-electron chi connectivity index (χ0n) is 8.09. The van der Waals surface area contributed by atoms with E-state index in [1.54, 1.807) is 13.8 Å². The molecule has 74 valence electrons. The van der Waals surface area contributed by atoms with Crippen LogP contribution in [0.3, 0.4) is 0 Å². The predicted octanol–water partition coefficient (Wildman–Crippen LogP) is -0.0458. The molecule has 0 fully saturated rings. The Morgan fingerprint density at radius 3 is 2.43 bits per heavy atom. The van der Waals surface area contributed by atoms with Crippen molar-refractivity contribution in [1.29, 1.82) is 0 Å². The fraction of sp³-hybridized carbons (Fsp3) is 0.400. The van der Waals surface area contributed by atoms with Gasteiger partial charge in [-0.1, -0.05) is 5.92 Å². The van der Waals surface area contributed by atoms with Crippen molar-refractivity contribution >= 4 is 10.0 Å². The summed E-state index contributed by atoms with van der Waals surface area (Å²) in [5.41, 5.74) is 0. The normalized spacial score (nSPS) is 9.29. The lowest BCUT2D eigenvalue weighted by Gasteiger charge is -2.05. The van der Waals surface area contributed by atoms with Gasteiger partial charge in [-0.2, -0.15) is 0 Å². The van der Waals surface area contributed by atoms with Gasteiger partial charge in [-0.25, -0.2) is 13.1 Å². The van der Waals surface area contributed by atoms with Gasteiger partial charge in [0, 0.05) is 6.04 Å². The van der Waals surface area contributed by atoms with Crippen molar-refractivity contribution in [1.82, 2.24) is 4.72 Å². The highest BCUT2D eigenvalue weighted by Crippen LogP contribution is 1.86. The molecule has 0 radical (unpaired) electrons. The summed E-state index contributed by atoms with van der Waals surface area (Å²) < 4.78 is 24.7. The third kappa shape index (κ3) is 7.25. The van der Waals surface area contributed by atoms with E-state index in [-0.39, 0.29) is 11.8 Å². The van der Waals surface area contributed by atoms with Crippen LogP contribution >= 0.6 is 0 Å². The van der Waals surface area contributed by atoms with Crippen molar-refractivity contribution in [3.05, 3.63) is 0 Å². The molecule has 0 aliphatic rings. The summed E-state index contributed by atoms with van der Waals surface area (Å²) >= 11 is 0. The molecule has 0 rings (SSSR count). The number of hydrogen-bond donors (Lipinski definition) is 1. The van der Waals surface area contributed by atoms with E-state index in [1.165, 1.54) is 0 Å². The maximum atomic E-state index is 11.2. The van der Waals surface area contributed by atoms with Crippen LogP contribution in [0.25, 0.3) is 0 Å². The van der Waals surface area contributed by atoms with Crippen molar-refractivity contribution in [2.45, 2.75) is 19.9 Å². The SMILES string of the molecule is C#CC#CC#CCS(=O)(=O)NC(C)C. The third-order valence-corrected chi connectivity index (χ3v) is 2.32. The molecule has 0 amide bonds. The molecule has 4 heteroatoms. The molecule has 3 nitrogen and oxygen atoms in total. The molecule has 0 atom stereocenters. The Hall–Kier alpha value is -1.41. The van der Waals surface area contributed by atoms with Crippen molar-refractivity contribution in [2.24, 2.45) is 0 Å². The van der Waals surface area contributed by atoms with Crippen molar-refractivity contribution in [2.75, 3.05) is 5.75 Å². The molecule has 0 saturated heterocycles. The van der Waals surface area contributed by atoms with E-state index in [4.69, 9.17) is 6.42 Å². The molecule has 0 aliphatic carbocycles. The van der Waals surface area contributed by atoms with Crippen LogP contribution in [0.2, 0.25) is 0 Å². The van der Waals surface area contributed by atoms with E-state index in [2.05, 4.69) is 34.3 Å². The molecule has 0 saturated carbocycles. The Labute approximate surface area is 85.3 Å². The molecule has 0 aromatic rings. The molecule has 0 aromatic carbocycles. The summed E-state index contributed by atoms with van der Waals surface area (Å²) in [5, 5.41) is 0. The second kappa shape index (κ2) is 6.11. The zero-order valence-corrected chi connectivity index (χ0v) is 8.90. The highest BCUT2D eigenvalue weighted by molar-refractivity contribution is 7.89. The topological polar surface area (TPSA) is 46.2 Å². The molecule has 1 N–H and O–H groups in total. The molecule has 0 heterocycles. The van der Waals surface area contributed by atoms with Gasteiger partial charge in [0.2, 0.25) is 10.0 Å². The van der Waals surface area contributed by atoms with Crippen LogP contribution in [-0.2, 0) is 10.0 Å². The Balaban J connectivity index is 4.25.